The summed E-state index contributed by atoms with van der Waals surface area (Å²) in [5, 5.41) is 0. The Hall–Kier alpha value is -0.610. The third-order valence-corrected chi connectivity index (χ3v) is 2.53. The maximum absolute atomic E-state index is 11.1. The van der Waals surface area contributed by atoms with Crippen LogP contribution >= 0.6 is 0 Å². The van der Waals surface area contributed by atoms with Crippen molar-refractivity contribution < 1.29 is 19.0 Å². The first-order valence-corrected chi connectivity index (χ1v) is 4.42. The van der Waals surface area contributed by atoms with Crippen LogP contribution in [-0.2, 0) is 19.0 Å². The highest BCUT2D eigenvalue weighted by Gasteiger charge is 2.48. The highest BCUT2D eigenvalue weighted by Crippen LogP contribution is 2.32. The summed E-state index contributed by atoms with van der Waals surface area (Å²) < 4.78 is 15.5. The number of hydrogen-bond acceptors (Lipinski definition) is 4. The predicted molar refractivity (Wildman–Crippen MR) is 46.4 cm³/mol. The molecule has 4 heteroatoms. The van der Waals surface area contributed by atoms with Gasteiger partial charge in [0.05, 0.1) is 13.0 Å². The molecule has 0 aliphatic carbocycles. The molecule has 4 nitrogen and oxygen atoms in total. The van der Waals surface area contributed by atoms with Crippen molar-refractivity contribution in [3.05, 3.63) is 0 Å². The number of ether oxygens (including phenoxy) is 3. The molecule has 1 rings (SSSR count). The maximum atomic E-state index is 11.1. The van der Waals surface area contributed by atoms with Crippen molar-refractivity contribution >= 4 is 5.97 Å². The van der Waals surface area contributed by atoms with Crippen LogP contribution in [0.4, 0.5) is 0 Å². The Morgan fingerprint density at radius 2 is 2.31 bits per heavy atom. The molecule has 1 saturated heterocycles. The summed E-state index contributed by atoms with van der Waals surface area (Å²) in [7, 11) is 3.18. The SMILES string of the molecule is CC[C@]1(COC)OC(=O)C[C@@H]1OC. The molecule has 0 unspecified atom stereocenters. The third-order valence-electron chi connectivity index (χ3n) is 2.53. The summed E-state index contributed by atoms with van der Waals surface area (Å²) in [5.41, 5.74) is -0.569. The number of carbonyl (C=O) groups excluding carboxylic acids is 1. The van der Waals surface area contributed by atoms with E-state index >= 15 is 0 Å². The number of methoxy groups -OCH3 is 2. The van der Waals surface area contributed by atoms with Gasteiger partial charge in [-0.1, -0.05) is 6.92 Å². The van der Waals surface area contributed by atoms with Crippen molar-refractivity contribution in [2.75, 3.05) is 20.8 Å². The highest BCUT2D eigenvalue weighted by atomic mass is 16.6. The lowest BCUT2D eigenvalue weighted by Gasteiger charge is -2.30. The van der Waals surface area contributed by atoms with Crippen LogP contribution in [-0.4, -0.2) is 38.5 Å². The average molecular weight is 188 g/mol. The summed E-state index contributed by atoms with van der Waals surface area (Å²) in [6.45, 7) is 2.36. The summed E-state index contributed by atoms with van der Waals surface area (Å²) in [6, 6.07) is 0. The molecule has 1 heterocycles. The van der Waals surface area contributed by atoms with Gasteiger partial charge in [-0.25, -0.2) is 0 Å². The fourth-order valence-corrected chi connectivity index (χ4v) is 1.74. The molecule has 0 radical (unpaired) electrons. The quantitative estimate of drug-likeness (QED) is 0.610. The lowest BCUT2D eigenvalue weighted by molar-refractivity contribution is -0.159. The van der Waals surface area contributed by atoms with Gasteiger partial charge in [-0.05, 0) is 6.42 Å². The number of carbonyl (C=O) groups is 1. The number of esters is 1. The number of hydrogen-bond donors (Lipinski definition) is 0. The largest absolute Gasteiger partial charge is 0.454 e. The van der Waals surface area contributed by atoms with Crippen molar-refractivity contribution in [1.82, 2.24) is 0 Å². The third kappa shape index (κ3) is 1.84. The van der Waals surface area contributed by atoms with Crippen molar-refractivity contribution in [3.63, 3.8) is 0 Å². The molecule has 1 aliphatic rings. The van der Waals surface area contributed by atoms with Crippen LogP contribution in [0.5, 0.6) is 0 Å². The minimum absolute atomic E-state index is 0.176. The van der Waals surface area contributed by atoms with Gasteiger partial charge in [-0.3, -0.25) is 4.79 Å². The minimum Gasteiger partial charge on any atom is -0.454 e. The average Bonchev–Trinajstić information content (AvgIpc) is 2.43. The second-order valence-corrected chi connectivity index (χ2v) is 3.25. The molecular formula is C9H16O4. The van der Waals surface area contributed by atoms with E-state index in [0.29, 0.717) is 19.4 Å². The predicted octanol–water partition coefficient (Wildman–Crippen LogP) is 0.744. The highest BCUT2D eigenvalue weighted by molar-refractivity contribution is 5.73. The molecule has 76 valence electrons. The van der Waals surface area contributed by atoms with Crippen molar-refractivity contribution in [3.8, 4) is 0 Å². The lowest BCUT2D eigenvalue weighted by Crippen LogP contribution is -2.44. The molecule has 0 bridgehead atoms. The fraction of sp³-hybridized carbons (Fsp3) is 0.889. The van der Waals surface area contributed by atoms with Crippen molar-refractivity contribution in [2.45, 2.75) is 31.5 Å². The normalized spacial score (nSPS) is 33.5. The van der Waals surface area contributed by atoms with Gasteiger partial charge in [0.25, 0.3) is 0 Å². The molecule has 1 fully saturated rings. The summed E-state index contributed by atoms with van der Waals surface area (Å²) in [6.07, 6.45) is 0.864. The van der Waals surface area contributed by atoms with Gasteiger partial charge in [0, 0.05) is 14.2 Å². The molecule has 0 aromatic heterocycles. The Labute approximate surface area is 78.2 Å². The standard InChI is InChI=1S/C9H16O4/c1-4-9(6-11-2)7(12-3)5-8(10)13-9/h7H,4-6H2,1-3H3/t7-,9+/m0/s1. The van der Waals surface area contributed by atoms with Gasteiger partial charge in [-0.15, -0.1) is 0 Å². The van der Waals surface area contributed by atoms with E-state index in [1.807, 2.05) is 6.92 Å². The monoisotopic (exact) mass is 188 g/mol. The molecule has 0 N–H and O–H groups in total. The number of rotatable bonds is 4. The summed E-state index contributed by atoms with van der Waals surface area (Å²) in [5.74, 6) is -0.203. The molecule has 0 amide bonds. The molecule has 1 aliphatic heterocycles. The van der Waals surface area contributed by atoms with E-state index in [1.54, 1.807) is 14.2 Å². The van der Waals surface area contributed by atoms with Gasteiger partial charge in [0.2, 0.25) is 0 Å². The zero-order chi connectivity index (χ0) is 9.90. The Kier molecular flexibility index (Phi) is 3.27. The van der Waals surface area contributed by atoms with Gasteiger partial charge >= 0.3 is 5.97 Å². The van der Waals surface area contributed by atoms with Gasteiger partial charge < -0.3 is 14.2 Å². The maximum Gasteiger partial charge on any atom is 0.309 e. The Morgan fingerprint density at radius 3 is 2.77 bits per heavy atom. The zero-order valence-electron chi connectivity index (χ0n) is 8.33. The van der Waals surface area contributed by atoms with Crippen LogP contribution in [0.3, 0.4) is 0 Å². The topological polar surface area (TPSA) is 44.8 Å². The Balaban J connectivity index is 2.76. The van der Waals surface area contributed by atoms with Gasteiger partial charge in [0.1, 0.15) is 6.10 Å². The fourth-order valence-electron chi connectivity index (χ4n) is 1.74. The smallest absolute Gasteiger partial charge is 0.309 e. The van der Waals surface area contributed by atoms with E-state index in [0.717, 1.165) is 0 Å². The Morgan fingerprint density at radius 1 is 1.62 bits per heavy atom. The minimum atomic E-state index is -0.569. The molecule has 0 aromatic carbocycles. The molecule has 0 aromatic rings. The Bertz CT molecular complexity index is 192. The zero-order valence-corrected chi connectivity index (χ0v) is 8.33. The molecule has 13 heavy (non-hydrogen) atoms. The van der Waals surface area contributed by atoms with Crippen LogP contribution in [0.1, 0.15) is 19.8 Å². The van der Waals surface area contributed by atoms with E-state index in [-0.39, 0.29) is 12.1 Å². The first-order valence-electron chi connectivity index (χ1n) is 4.42. The van der Waals surface area contributed by atoms with E-state index in [4.69, 9.17) is 14.2 Å². The second kappa shape index (κ2) is 4.07. The van der Waals surface area contributed by atoms with Crippen molar-refractivity contribution in [1.29, 1.82) is 0 Å². The van der Waals surface area contributed by atoms with Crippen LogP contribution < -0.4 is 0 Å². The molecule has 0 saturated carbocycles. The molecular weight excluding hydrogens is 172 g/mol. The van der Waals surface area contributed by atoms with E-state index in [9.17, 15) is 4.79 Å². The number of cyclic esters (lactones) is 1. The van der Waals surface area contributed by atoms with E-state index in [1.165, 1.54) is 0 Å². The first-order chi connectivity index (χ1) is 6.18. The van der Waals surface area contributed by atoms with Crippen LogP contribution in [0, 0.1) is 0 Å². The van der Waals surface area contributed by atoms with Crippen molar-refractivity contribution in [2.24, 2.45) is 0 Å². The van der Waals surface area contributed by atoms with E-state index in [2.05, 4.69) is 0 Å². The van der Waals surface area contributed by atoms with Crippen LogP contribution in [0.15, 0.2) is 0 Å². The van der Waals surface area contributed by atoms with Crippen LogP contribution in [0.25, 0.3) is 0 Å². The van der Waals surface area contributed by atoms with E-state index < -0.39 is 5.60 Å². The summed E-state index contributed by atoms with van der Waals surface area (Å²) in [4.78, 5) is 11.1. The molecule has 0 spiro atoms. The molecule has 2 atom stereocenters. The lowest BCUT2D eigenvalue weighted by atomic mass is 9.95. The second-order valence-electron chi connectivity index (χ2n) is 3.25. The summed E-state index contributed by atoms with van der Waals surface area (Å²) >= 11 is 0. The first kappa shape index (κ1) is 10.5. The van der Waals surface area contributed by atoms with Gasteiger partial charge in [-0.2, -0.15) is 0 Å². The van der Waals surface area contributed by atoms with Crippen LogP contribution in [0.2, 0.25) is 0 Å². The van der Waals surface area contributed by atoms with Gasteiger partial charge in [0.15, 0.2) is 5.60 Å².